The molecule has 0 atom stereocenters. The van der Waals surface area contributed by atoms with Crippen LogP contribution >= 0.6 is 0 Å². The number of halogens is 3. The van der Waals surface area contributed by atoms with Crippen molar-refractivity contribution in [3.05, 3.63) is 18.5 Å². The number of nitrogen functional groups attached to an aromatic ring is 1. The summed E-state index contributed by atoms with van der Waals surface area (Å²) in [6.07, 6.45) is 2.06. The third-order valence-electron chi connectivity index (χ3n) is 1.24. The number of hydrogen-bond donors (Lipinski definition) is 1. The molecule has 0 saturated carbocycles. The molecule has 0 aromatic carbocycles. The van der Waals surface area contributed by atoms with E-state index in [1.807, 2.05) is 0 Å². The minimum absolute atomic E-state index is 0. The van der Waals surface area contributed by atoms with Crippen LogP contribution in [-0.4, -0.2) is 12.0 Å². The fourth-order valence-corrected chi connectivity index (χ4v) is 0.716. The Morgan fingerprint density at radius 2 is 1.92 bits per heavy atom. The van der Waals surface area contributed by atoms with E-state index >= 15 is 0 Å². The van der Waals surface area contributed by atoms with E-state index in [0.717, 1.165) is 18.5 Å². The molecule has 2 nitrogen and oxygen atoms in total. The van der Waals surface area contributed by atoms with Crippen LogP contribution in [0.4, 0.5) is 18.6 Å². The molecule has 1 rings (SSSR count). The zero-order valence-corrected chi connectivity index (χ0v) is 9.59. The molecule has 1 aromatic rings. The summed E-state index contributed by atoms with van der Waals surface area (Å²) >= 11 is 0. The van der Waals surface area contributed by atoms with Gasteiger partial charge in [-0.3, -0.25) is 4.98 Å². The summed E-state index contributed by atoms with van der Waals surface area (Å²) in [5, 5.41) is 0. The van der Waals surface area contributed by atoms with Crippen molar-refractivity contribution in [3.63, 3.8) is 0 Å². The average molecular weight is 200 g/mol. The Bertz CT molecular complexity index is 265. The second kappa shape index (κ2) is 4.61. The van der Waals surface area contributed by atoms with Crippen molar-refractivity contribution in [2.45, 2.75) is 0 Å². The normalized spacial score (nSPS) is 10.6. The van der Waals surface area contributed by atoms with Gasteiger partial charge < -0.3 is 18.7 Å². The van der Waals surface area contributed by atoms with Gasteiger partial charge in [-0.15, -0.1) is 0 Å². The number of nitrogens with zero attached hydrogens (tertiary/aromatic N) is 1. The van der Waals surface area contributed by atoms with Crippen LogP contribution < -0.4 is 62.6 Å². The molecule has 0 aliphatic rings. The summed E-state index contributed by atoms with van der Waals surface area (Å²) in [5.41, 5.74) is 3.94. The van der Waals surface area contributed by atoms with Crippen LogP contribution in [0, 0.1) is 0 Å². The van der Waals surface area contributed by atoms with Crippen LogP contribution in [0.2, 0.25) is 0 Å². The van der Waals surface area contributed by atoms with Gasteiger partial charge in [-0.05, 0) is 0 Å². The topological polar surface area (TPSA) is 38.9 Å². The summed E-state index contributed by atoms with van der Waals surface area (Å²) in [5.74, 6) is 0. The molecule has 0 fully saturated rings. The van der Waals surface area contributed by atoms with Crippen LogP contribution in [0.1, 0.15) is 0 Å². The minimum atomic E-state index is -4.99. The van der Waals surface area contributed by atoms with Gasteiger partial charge in [0.1, 0.15) is 0 Å². The Morgan fingerprint density at radius 1 is 1.33 bits per heavy atom. The Labute approximate surface area is 110 Å². The van der Waals surface area contributed by atoms with Crippen LogP contribution in [0.15, 0.2) is 18.5 Å². The van der Waals surface area contributed by atoms with Crippen molar-refractivity contribution >= 4 is 18.1 Å². The van der Waals surface area contributed by atoms with Crippen LogP contribution in [0.25, 0.3) is 0 Å². The Hall–Kier alpha value is 0.441. The van der Waals surface area contributed by atoms with Gasteiger partial charge in [0, 0.05) is 18.1 Å². The first-order chi connectivity index (χ1) is 5.02. The fraction of sp³-hybridized carbons (Fsp3) is 0. The average Bonchev–Trinajstić information content (AvgIpc) is 1.86. The van der Waals surface area contributed by atoms with E-state index in [0.29, 0.717) is 0 Å². The van der Waals surface area contributed by atoms with Gasteiger partial charge in [-0.25, -0.2) is 0 Å². The Morgan fingerprint density at radius 3 is 2.25 bits per heavy atom. The number of anilines is 1. The molecule has 0 bridgehead atoms. The molecule has 1 aromatic heterocycles. The van der Waals surface area contributed by atoms with Crippen LogP contribution in [-0.2, 0) is 0 Å². The van der Waals surface area contributed by atoms with Crippen molar-refractivity contribution in [1.29, 1.82) is 0 Å². The first kappa shape index (κ1) is 12.4. The monoisotopic (exact) mass is 200 g/mol. The number of pyridine rings is 1. The van der Waals surface area contributed by atoms with Gasteiger partial charge in [0.2, 0.25) is 0 Å². The van der Waals surface area contributed by atoms with E-state index in [1.165, 1.54) is 0 Å². The summed E-state index contributed by atoms with van der Waals surface area (Å²) < 4.78 is 36.0. The van der Waals surface area contributed by atoms with Gasteiger partial charge >= 0.3 is 58.4 Å². The van der Waals surface area contributed by atoms with Crippen molar-refractivity contribution in [2.75, 3.05) is 5.73 Å². The van der Waals surface area contributed by atoms with Crippen LogP contribution in [0.3, 0.4) is 0 Å². The van der Waals surface area contributed by atoms with Gasteiger partial charge in [0.05, 0.1) is 0 Å². The van der Waals surface area contributed by atoms with Crippen molar-refractivity contribution in [3.8, 4) is 0 Å². The second-order valence-corrected chi connectivity index (χ2v) is 2.08. The zero-order chi connectivity index (χ0) is 8.48. The molecule has 0 spiro atoms. The number of rotatable bonds is 1. The quantitative estimate of drug-likeness (QED) is 0.519. The molecule has 1 heterocycles. The van der Waals surface area contributed by atoms with E-state index in [4.69, 9.17) is 5.73 Å². The van der Waals surface area contributed by atoms with Crippen LogP contribution in [0.5, 0.6) is 0 Å². The number of hydrogen-bond acceptors (Lipinski definition) is 2. The molecule has 0 aliphatic carbocycles. The fourth-order valence-electron chi connectivity index (χ4n) is 0.716. The Kier molecular flexibility index (Phi) is 4.78. The van der Waals surface area contributed by atoms with Gasteiger partial charge in [0.25, 0.3) is 0 Å². The van der Waals surface area contributed by atoms with Crippen molar-refractivity contribution in [2.24, 2.45) is 0 Å². The molecule has 2 N–H and O–H groups in total. The third-order valence-corrected chi connectivity index (χ3v) is 1.24. The zero-order valence-electron chi connectivity index (χ0n) is 6.47. The summed E-state index contributed by atoms with van der Waals surface area (Å²) in [4.78, 5) is 3.44. The smallest absolute Gasteiger partial charge is 0.445 e. The van der Waals surface area contributed by atoms with E-state index in [9.17, 15) is 12.9 Å². The molecule has 0 aliphatic heterocycles. The molecule has 0 saturated heterocycles. The number of nitrogens with two attached hydrogens (primary N) is 1. The SMILES string of the molecule is Nc1cnccc1[B-](F)(F)F.[K+]. The molecule has 12 heavy (non-hydrogen) atoms. The summed E-state index contributed by atoms with van der Waals surface area (Å²) in [6, 6.07) is 0.870. The summed E-state index contributed by atoms with van der Waals surface area (Å²) in [6.45, 7) is -4.99. The standard InChI is InChI=1S/C5H5BF3N2.K/c7-6(8,9)4-1-2-11-3-5(4)10;/h1-3H,10H2;/q-1;+1. The predicted molar refractivity (Wildman–Crippen MR) is 37.4 cm³/mol. The minimum Gasteiger partial charge on any atom is -0.445 e. The van der Waals surface area contributed by atoms with Crippen molar-refractivity contribution in [1.82, 2.24) is 4.98 Å². The maximum Gasteiger partial charge on any atom is 1.00 e. The third kappa shape index (κ3) is 3.06. The van der Waals surface area contributed by atoms with Gasteiger partial charge in [-0.2, -0.15) is 0 Å². The second-order valence-electron chi connectivity index (χ2n) is 2.08. The molecule has 0 unspecified atom stereocenters. The number of aromatic nitrogens is 1. The molecular weight excluding hydrogens is 195 g/mol. The molecule has 60 valence electrons. The predicted octanol–water partition coefficient (Wildman–Crippen LogP) is -2.28. The van der Waals surface area contributed by atoms with E-state index in [-0.39, 0.29) is 57.1 Å². The first-order valence-corrected chi connectivity index (χ1v) is 2.91. The van der Waals surface area contributed by atoms with E-state index in [1.54, 1.807) is 0 Å². The maximum absolute atomic E-state index is 12.0. The molecular formula is C5H5BF3KN2. The van der Waals surface area contributed by atoms with E-state index in [2.05, 4.69) is 4.98 Å². The van der Waals surface area contributed by atoms with Gasteiger partial charge in [0.15, 0.2) is 0 Å². The maximum atomic E-state index is 12.0. The molecule has 0 amide bonds. The summed E-state index contributed by atoms with van der Waals surface area (Å²) in [7, 11) is 0. The molecule has 0 radical (unpaired) electrons. The largest absolute Gasteiger partial charge is 1.00 e. The van der Waals surface area contributed by atoms with Crippen molar-refractivity contribution < 1.29 is 64.3 Å². The first-order valence-electron chi connectivity index (χ1n) is 2.91. The van der Waals surface area contributed by atoms with Gasteiger partial charge in [-0.1, -0.05) is 11.5 Å². The Balaban J connectivity index is 0.00000121. The molecule has 7 heteroatoms. The van der Waals surface area contributed by atoms with E-state index < -0.39 is 12.4 Å².